The molecule has 0 radical (unpaired) electrons. The van der Waals surface area contributed by atoms with Crippen molar-refractivity contribution in [1.29, 1.82) is 0 Å². The fraction of sp³-hybridized carbons (Fsp3) is 0.438. The Hall–Kier alpha value is -1.61. The van der Waals surface area contributed by atoms with Gasteiger partial charge in [0, 0.05) is 31.6 Å². The number of fused-ring (bicyclic) bond motifs is 1. The summed E-state index contributed by atoms with van der Waals surface area (Å²) in [7, 11) is 0. The van der Waals surface area contributed by atoms with Crippen LogP contribution in [-0.2, 0) is 0 Å². The number of hydrogen-bond donors (Lipinski definition) is 0. The van der Waals surface area contributed by atoms with Gasteiger partial charge in [-0.25, -0.2) is 4.98 Å². The molecule has 19 heavy (non-hydrogen) atoms. The quantitative estimate of drug-likeness (QED) is 0.822. The van der Waals surface area contributed by atoms with Crippen LogP contribution in [0, 0.1) is 6.92 Å². The standard InChI is InChI=1S/C16H21N3/c1-3-18-8-10-19(11-9-18)16-13(2)12-14-6-4-5-7-15(14)17-16/h4-7,12H,3,8-11H2,1-2H3. The molecule has 3 rings (SSSR count). The SMILES string of the molecule is CCN1CCN(c2nc3ccccc3cc2C)CC1. The molecule has 0 atom stereocenters. The van der Waals surface area contributed by atoms with E-state index in [2.05, 4.69) is 54.0 Å². The Morgan fingerprint density at radius 2 is 1.84 bits per heavy atom. The minimum Gasteiger partial charge on any atom is -0.354 e. The Bertz CT molecular complexity index is 571. The second-order valence-electron chi connectivity index (χ2n) is 5.24. The fourth-order valence-electron chi connectivity index (χ4n) is 2.81. The van der Waals surface area contributed by atoms with Gasteiger partial charge in [0.25, 0.3) is 0 Å². The second kappa shape index (κ2) is 5.17. The van der Waals surface area contributed by atoms with Gasteiger partial charge in [-0.3, -0.25) is 0 Å². The van der Waals surface area contributed by atoms with E-state index in [9.17, 15) is 0 Å². The zero-order valence-electron chi connectivity index (χ0n) is 11.8. The molecule has 1 aromatic heterocycles. The van der Waals surface area contributed by atoms with Crippen molar-refractivity contribution < 1.29 is 0 Å². The van der Waals surface area contributed by atoms with Crippen molar-refractivity contribution in [3.05, 3.63) is 35.9 Å². The summed E-state index contributed by atoms with van der Waals surface area (Å²) >= 11 is 0. The lowest BCUT2D eigenvalue weighted by atomic mass is 10.1. The monoisotopic (exact) mass is 255 g/mol. The number of aromatic nitrogens is 1. The molecule has 100 valence electrons. The smallest absolute Gasteiger partial charge is 0.132 e. The summed E-state index contributed by atoms with van der Waals surface area (Å²) in [4.78, 5) is 9.77. The highest BCUT2D eigenvalue weighted by Crippen LogP contribution is 2.23. The number of aryl methyl sites for hydroxylation is 1. The molecule has 2 aromatic rings. The minimum absolute atomic E-state index is 1.08. The van der Waals surface area contributed by atoms with Gasteiger partial charge in [0.1, 0.15) is 5.82 Å². The number of para-hydroxylation sites is 1. The van der Waals surface area contributed by atoms with Crippen LogP contribution in [0.2, 0.25) is 0 Å². The van der Waals surface area contributed by atoms with Crippen LogP contribution in [0.3, 0.4) is 0 Å². The predicted octanol–water partition coefficient (Wildman–Crippen LogP) is 2.69. The number of likely N-dealkylation sites (N-methyl/N-ethyl adjacent to an activating group) is 1. The number of nitrogens with zero attached hydrogens (tertiary/aromatic N) is 3. The van der Waals surface area contributed by atoms with Gasteiger partial charge >= 0.3 is 0 Å². The maximum Gasteiger partial charge on any atom is 0.132 e. The van der Waals surface area contributed by atoms with Gasteiger partial charge in [0.05, 0.1) is 5.52 Å². The summed E-state index contributed by atoms with van der Waals surface area (Å²) in [6.45, 7) is 10.0. The van der Waals surface area contributed by atoms with E-state index in [0.717, 1.165) is 44.1 Å². The normalized spacial score (nSPS) is 17.1. The third-order valence-electron chi connectivity index (χ3n) is 4.01. The van der Waals surface area contributed by atoms with Crippen molar-refractivity contribution in [3.63, 3.8) is 0 Å². The first-order valence-corrected chi connectivity index (χ1v) is 7.11. The van der Waals surface area contributed by atoms with Gasteiger partial charge in [-0.1, -0.05) is 25.1 Å². The van der Waals surface area contributed by atoms with E-state index in [-0.39, 0.29) is 0 Å². The van der Waals surface area contributed by atoms with Crippen molar-refractivity contribution in [2.24, 2.45) is 0 Å². The molecule has 0 aliphatic carbocycles. The third kappa shape index (κ3) is 2.43. The Labute approximate surface area is 114 Å². The summed E-state index contributed by atoms with van der Waals surface area (Å²) < 4.78 is 0. The summed E-state index contributed by atoms with van der Waals surface area (Å²) in [5.74, 6) is 1.16. The molecule has 0 bridgehead atoms. The number of benzene rings is 1. The Morgan fingerprint density at radius 3 is 2.58 bits per heavy atom. The number of hydrogen-bond acceptors (Lipinski definition) is 3. The first kappa shape index (κ1) is 12.4. The van der Waals surface area contributed by atoms with E-state index < -0.39 is 0 Å². The molecule has 1 saturated heterocycles. The highest BCUT2D eigenvalue weighted by Gasteiger charge is 2.18. The summed E-state index contributed by atoms with van der Waals surface area (Å²) in [5.41, 5.74) is 2.38. The highest BCUT2D eigenvalue weighted by molar-refractivity contribution is 5.81. The molecule has 0 saturated carbocycles. The molecule has 1 aliphatic rings. The lowest BCUT2D eigenvalue weighted by Gasteiger charge is -2.35. The van der Waals surface area contributed by atoms with Crippen LogP contribution in [-0.4, -0.2) is 42.6 Å². The van der Waals surface area contributed by atoms with Crippen LogP contribution in [0.1, 0.15) is 12.5 Å². The number of rotatable bonds is 2. The largest absolute Gasteiger partial charge is 0.354 e. The molecule has 0 spiro atoms. The average Bonchev–Trinajstić information content (AvgIpc) is 2.47. The number of piperazine rings is 1. The summed E-state index contributed by atoms with van der Waals surface area (Å²) in [6.07, 6.45) is 0. The molecule has 1 fully saturated rings. The zero-order valence-corrected chi connectivity index (χ0v) is 11.8. The molecule has 3 nitrogen and oxygen atoms in total. The number of anilines is 1. The van der Waals surface area contributed by atoms with Crippen molar-refractivity contribution >= 4 is 16.7 Å². The lowest BCUT2D eigenvalue weighted by molar-refractivity contribution is 0.270. The molecule has 1 aromatic carbocycles. The van der Waals surface area contributed by atoms with Crippen molar-refractivity contribution in [2.45, 2.75) is 13.8 Å². The molecule has 0 unspecified atom stereocenters. The third-order valence-corrected chi connectivity index (χ3v) is 4.01. The van der Waals surface area contributed by atoms with Gasteiger partial charge in [-0.15, -0.1) is 0 Å². The molecule has 3 heteroatoms. The van der Waals surface area contributed by atoms with Crippen molar-refractivity contribution in [1.82, 2.24) is 9.88 Å². The maximum atomic E-state index is 4.86. The lowest BCUT2D eigenvalue weighted by Crippen LogP contribution is -2.46. The van der Waals surface area contributed by atoms with Crippen LogP contribution in [0.15, 0.2) is 30.3 Å². The first-order valence-electron chi connectivity index (χ1n) is 7.11. The summed E-state index contributed by atoms with van der Waals surface area (Å²) in [6, 6.07) is 10.6. The fourth-order valence-corrected chi connectivity index (χ4v) is 2.81. The van der Waals surface area contributed by atoms with E-state index in [1.807, 2.05) is 0 Å². The first-order chi connectivity index (χ1) is 9.28. The Balaban J connectivity index is 1.90. The van der Waals surface area contributed by atoms with Gasteiger partial charge < -0.3 is 9.80 Å². The van der Waals surface area contributed by atoms with E-state index in [1.54, 1.807) is 0 Å². The number of pyridine rings is 1. The zero-order chi connectivity index (χ0) is 13.2. The van der Waals surface area contributed by atoms with Crippen LogP contribution in [0.5, 0.6) is 0 Å². The topological polar surface area (TPSA) is 19.4 Å². The van der Waals surface area contributed by atoms with E-state index in [0.29, 0.717) is 0 Å². The van der Waals surface area contributed by atoms with Crippen molar-refractivity contribution in [3.8, 4) is 0 Å². The van der Waals surface area contributed by atoms with Crippen molar-refractivity contribution in [2.75, 3.05) is 37.6 Å². The Morgan fingerprint density at radius 1 is 1.11 bits per heavy atom. The summed E-state index contributed by atoms with van der Waals surface area (Å²) in [5, 5.41) is 1.23. The van der Waals surface area contributed by atoms with Gasteiger partial charge in [0.2, 0.25) is 0 Å². The average molecular weight is 255 g/mol. The second-order valence-corrected chi connectivity index (χ2v) is 5.24. The molecule has 0 amide bonds. The van der Waals surface area contributed by atoms with Crippen LogP contribution in [0.4, 0.5) is 5.82 Å². The van der Waals surface area contributed by atoms with Gasteiger partial charge in [-0.05, 0) is 31.2 Å². The molecule has 1 aliphatic heterocycles. The minimum atomic E-state index is 1.08. The van der Waals surface area contributed by atoms with Crippen LogP contribution < -0.4 is 4.90 Å². The van der Waals surface area contributed by atoms with E-state index in [1.165, 1.54) is 10.9 Å². The maximum absolute atomic E-state index is 4.86. The molecule has 2 heterocycles. The predicted molar refractivity (Wildman–Crippen MR) is 80.8 cm³/mol. The van der Waals surface area contributed by atoms with E-state index in [4.69, 9.17) is 4.98 Å². The van der Waals surface area contributed by atoms with Gasteiger partial charge in [0.15, 0.2) is 0 Å². The molecule has 0 N–H and O–H groups in total. The highest BCUT2D eigenvalue weighted by atomic mass is 15.3. The Kier molecular flexibility index (Phi) is 3.38. The molecular formula is C16H21N3. The van der Waals surface area contributed by atoms with E-state index >= 15 is 0 Å². The van der Waals surface area contributed by atoms with Crippen LogP contribution >= 0.6 is 0 Å². The van der Waals surface area contributed by atoms with Crippen LogP contribution in [0.25, 0.3) is 10.9 Å². The molecular weight excluding hydrogens is 234 g/mol. The van der Waals surface area contributed by atoms with Gasteiger partial charge in [-0.2, -0.15) is 0 Å².